The van der Waals surface area contributed by atoms with Gasteiger partial charge in [0.2, 0.25) is 15.5 Å². The number of hydrogen-bond acceptors (Lipinski definition) is 6. The van der Waals surface area contributed by atoms with E-state index in [-0.39, 0.29) is 23.3 Å². The SMILES string of the molecule is O=C1CC(CS(=O)(=O)F)CN1c1nnc(Cl)s1. The van der Waals surface area contributed by atoms with Crippen molar-refractivity contribution in [2.24, 2.45) is 5.92 Å². The lowest BCUT2D eigenvalue weighted by atomic mass is 10.1. The van der Waals surface area contributed by atoms with Gasteiger partial charge in [-0.15, -0.1) is 14.1 Å². The molecule has 1 aliphatic rings. The number of anilines is 1. The summed E-state index contributed by atoms with van der Waals surface area (Å²) in [5.41, 5.74) is 0. The van der Waals surface area contributed by atoms with Crippen molar-refractivity contribution in [3.05, 3.63) is 4.47 Å². The fourth-order valence-corrected chi connectivity index (χ4v) is 3.30. The van der Waals surface area contributed by atoms with Gasteiger partial charge in [-0.3, -0.25) is 9.69 Å². The number of hydrogen-bond donors (Lipinski definition) is 0. The van der Waals surface area contributed by atoms with Crippen molar-refractivity contribution in [2.45, 2.75) is 6.42 Å². The minimum atomic E-state index is -4.57. The van der Waals surface area contributed by atoms with Gasteiger partial charge in [0, 0.05) is 18.9 Å². The van der Waals surface area contributed by atoms with E-state index >= 15 is 0 Å². The molecule has 1 aromatic heterocycles. The number of amides is 1. The summed E-state index contributed by atoms with van der Waals surface area (Å²) in [5.74, 6) is -1.51. The molecular weight excluding hydrogens is 293 g/mol. The molecule has 0 bridgehead atoms. The van der Waals surface area contributed by atoms with Crippen LogP contribution in [0.1, 0.15) is 6.42 Å². The maximum atomic E-state index is 12.5. The molecule has 1 unspecified atom stereocenters. The average Bonchev–Trinajstić information content (AvgIpc) is 2.70. The van der Waals surface area contributed by atoms with Crippen LogP contribution in [0.15, 0.2) is 0 Å². The van der Waals surface area contributed by atoms with Crippen LogP contribution in [-0.4, -0.2) is 36.8 Å². The van der Waals surface area contributed by atoms with Crippen LogP contribution in [0.3, 0.4) is 0 Å². The summed E-state index contributed by atoms with van der Waals surface area (Å²) in [7, 11) is -4.57. The van der Waals surface area contributed by atoms with Crippen molar-refractivity contribution in [1.82, 2.24) is 10.2 Å². The monoisotopic (exact) mass is 299 g/mol. The first kappa shape index (κ1) is 12.7. The van der Waals surface area contributed by atoms with Crippen molar-refractivity contribution >= 4 is 44.2 Å². The van der Waals surface area contributed by atoms with Gasteiger partial charge < -0.3 is 0 Å². The van der Waals surface area contributed by atoms with Gasteiger partial charge in [-0.2, -0.15) is 8.42 Å². The molecule has 0 aromatic carbocycles. The van der Waals surface area contributed by atoms with E-state index in [2.05, 4.69) is 10.2 Å². The minimum absolute atomic E-state index is 0.0135. The Balaban J connectivity index is 2.10. The molecule has 17 heavy (non-hydrogen) atoms. The highest BCUT2D eigenvalue weighted by Gasteiger charge is 2.35. The van der Waals surface area contributed by atoms with E-state index in [1.807, 2.05) is 0 Å². The van der Waals surface area contributed by atoms with E-state index in [1.165, 1.54) is 4.90 Å². The highest BCUT2D eigenvalue weighted by molar-refractivity contribution is 7.86. The maximum Gasteiger partial charge on any atom is 0.302 e. The number of rotatable bonds is 3. The van der Waals surface area contributed by atoms with Crippen molar-refractivity contribution in [3.63, 3.8) is 0 Å². The van der Waals surface area contributed by atoms with Gasteiger partial charge in [-0.1, -0.05) is 11.3 Å². The van der Waals surface area contributed by atoms with Crippen LogP contribution in [0.2, 0.25) is 4.47 Å². The summed E-state index contributed by atoms with van der Waals surface area (Å²) in [6.45, 7) is 0.119. The van der Waals surface area contributed by atoms with Crippen molar-refractivity contribution in [1.29, 1.82) is 0 Å². The Morgan fingerprint density at radius 1 is 1.53 bits per heavy atom. The van der Waals surface area contributed by atoms with E-state index < -0.39 is 21.9 Å². The van der Waals surface area contributed by atoms with Gasteiger partial charge in [-0.05, 0) is 11.6 Å². The summed E-state index contributed by atoms with van der Waals surface area (Å²) < 4.78 is 33.7. The topological polar surface area (TPSA) is 80.2 Å². The van der Waals surface area contributed by atoms with Crippen LogP contribution in [0, 0.1) is 5.92 Å². The molecule has 2 heterocycles. The van der Waals surface area contributed by atoms with Gasteiger partial charge in [0.25, 0.3) is 0 Å². The lowest BCUT2D eigenvalue weighted by Gasteiger charge is -2.10. The van der Waals surface area contributed by atoms with Gasteiger partial charge in [0.15, 0.2) is 0 Å². The van der Waals surface area contributed by atoms with E-state index in [0.717, 1.165) is 11.3 Å². The predicted molar refractivity (Wildman–Crippen MR) is 60.3 cm³/mol. The number of carbonyl (C=O) groups is 1. The molecule has 10 heteroatoms. The molecule has 0 aliphatic carbocycles. The minimum Gasteiger partial charge on any atom is -0.286 e. The zero-order chi connectivity index (χ0) is 12.6. The third kappa shape index (κ3) is 3.11. The maximum absolute atomic E-state index is 12.5. The molecule has 1 aliphatic heterocycles. The van der Waals surface area contributed by atoms with Crippen LogP contribution in [-0.2, 0) is 15.0 Å². The van der Waals surface area contributed by atoms with Crippen LogP contribution >= 0.6 is 22.9 Å². The Hall–Kier alpha value is -0.800. The van der Waals surface area contributed by atoms with Crippen LogP contribution in [0.25, 0.3) is 0 Å². The first-order valence-corrected chi connectivity index (χ1v) is 7.31. The third-order valence-electron chi connectivity index (χ3n) is 2.26. The summed E-state index contributed by atoms with van der Waals surface area (Å²) in [5, 5.41) is 7.53. The predicted octanol–water partition coefficient (Wildman–Crippen LogP) is 0.844. The molecule has 1 aromatic rings. The summed E-state index contributed by atoms with van der Waals surface area (Å²) in [6.07, 6.45) is -0.0135. The Kier molecular flexibility index (Phi) is 3.32. The third-order valence-corrected chi connectivity index (χ3v) is 4.17. The standard InChI is InChI=1S/C7H7ClFN3O3S2/c8-6-10-11-7(16-6)12-2-4(1-5(12)13)3-17(9,14)15/h4H,1-3H2. The summed E-state index contributed by atoms with van der Waals surface area (Å²) in [4.78, 5) is 12.9. The second kappa shape index (κ2) is 4.46. The highest BCUT2D eigenvalue weighted by atomic mass is 35.5. The van der Waals surface area contributed by atoms with E-state index in [9.17, 15) is 17.1 Å². The van der Waals surface area contributed by atoms with Crippen LogP contribution in [0.5, 0.6) is 0 Å². The second-order valence-electron chi connectivity index (χ2n) is 3.62. The highest BCUT2D eigenvalue weighted by Crippen LogP contribution is 2.30. The van der Waals surface area contributed by atoms with Gasteiger partial charge in [-0.25, -0.2) is 0 Å². The fourth-order valence-electron chi connectivity index (χ4n) is 1.67. The lowest BCUT2D eigenvalue weighted by molar-refractivity contribution is -0.117. The molecule has 1 atom stereocenters. The molecule has 2 rings (SSSR count). The first-order chi connectivity index (χ1) is 7.85. The van der Waals surface area contributed by atoms with Crippen molar-refractivity contribution in [2.75, 3.05) is 17.2 Å². The van der Waals surface area contributed by atoms with Crippen LogP contribution in [0.4, 0.5) is 9.02 Å². The fraction of sp³-hybridized carbons (Fsp3) is 0.571. The smallest absolute Gasteiger partial charge is 0.286 e. The summed E-state index contributed by atoms with van der Waals surface area (Å²) in [6, 6.07) is 0. The zero-order valence-corrected chi connectivity index (χ0v) is 10.7. The molecule has 0 N–H and O–H groups in total. The Bertz CT molecular complexity index is 546. The molecule has 0 saturated carbocycles. The van der Waals surface area contributed by atoms with Crippen LogP contribution < -0.4 is 4.90 Å². The molecule has 6 nitrogen and oxygen atoms in total. The molecule has 94 valence electrons. The molecule has 1 amide bonds. The van der Waals surface area contributed by atoms with Crippen molar-refractivity contribution < 1.29 is 17.1 Å². The Morgan fingerprint density at radius 2 is 2.24 bits per heavy atom. The molecule has 0 radical (unpaired) electrons. The van der Waals surface area contributed by atoms with Crippen molar-refractivity contribution in [3.8, 4) is 0 Å². The molecule has 0 spiro atoms. The molecule has 1 saturated heterocycles. The number of nitrogens with zero attached hydrogens (tertiary/aromatic N) is 3. The van der Waals surface area contributed by atoms with E-state index in [1.54, 1.807) is 0 Å². The Labute approximate surface area is 106 Å². The lowest BCUT2D eigenvalue weighted by Crippen LogP contribution is -2.25. The quantitative estimate of drug-likeness (QED) is 0.773. The zero-order valence-electron chi connectivity index (χ0n) is 8.34. The van der Waals surface area contributed by atoms with E-state index in [0.29, 0.717) is 5.13 Å². The first-order valence-electron chi connectivity index (χ1n) is 4.57. The van der Waals surface area contributed by atoms with E-state index in [4.69, 9.17) is 11.6 Å². The normalized spacial score (nSPS) is 21.2. The average molecular weight is 300 g/mol. The molecule has 1 fully saturated rings. The van der Waals surface area contributed by atoms with Gasteiger partial charge >= 0.3 is 10.2 Å². The second-order valence-corrected chi connectivity index (χ2v) is 6.57. The van der Waals surface area contributed by atoms with Gasteiger partial charge in [0.05, 0.1) is 5.75 Å². The number of aromatic nitrogens is 2. The van der Waals surface area contributed by atoms with Gasteiger partial charge in [0.1, 0.15) is 0 Å². The Morgan fingerprint density at radius 3 is 2.76 bits per heavy atom. The number of carbonyl (C=O) groups excluding carboxylic acids is 1. The summed E-state index contributed by atoms with van der Waals surface area (Å²) >= 11 is 6.59. The molecular formula is C7H7ClFN3O3S2. The number of halogens is 2. The largest absolute Gasteiger partial charge is 0.302 e.